The Morgan fingerprint density at radius 2 is 1.75 bits per heavy atom. The van der Waals surface area contributed by atoms with Gasteiger partial charge in [0.05, 0.1) is 12.1 Å². The van der Waals surface area contributed by atoms with Crippen LogP contribution in [0.4, 0.5) is 4.39 Å². The van der Waals surface area contributed by atoms with Gasteiger partial charge in [-0.15, -0.1) is 0 Å². The molecule has 2 aromatic rings. The summed E-state index contributed by atoms with van der Waals surface area (Å²) < 4.78 is 13.7. The molecule has 0 spiro atoms. The van der Waals surface area contributed by atoms with Crippen LogP contribution in [0.15, 0.2) is 59.6 Å². The van der Waals surface area contributed by atoms with E-state index in [1.54, 1.807) is 12.1 Å². The number of halogens is 1. The van der Waals surface area contributed by atoms with Gasteiger partial charge in [-0.1, -0.05) is 42.5 Å². The molecule has 0 bridgehead atoms. The first kappa shape index (κ1) is 12.5. The molecule has 1 aliphatic heterocycles. The Labute approximate surface area is 116 Å². The second kappa shape index (κ2) is 5.25. The fraction of sp³-hybridized carbons (Fsp3) is 0.125. The van der Waals surface area contributed by atoms with Gasteiger partial charge >= 0.3 is 0 Å². The first-order chi connectivity index (χ1) is 9.77. The Hall–Kier alpha value is -2.49. The first-order valence-corrected chi connectivity index (χ1v) is 6.43. The second-order valence-corrected chi connectivity index (χ2v) is 4.51. The average molecular weight is 268 g/mol. The minimum absolute atomic E-state index is 0.0815. The third kappa shape index (κ3) is 2.20. The molecule has 3 nitrogen and oxygen atoms in total. The van der Waals surface area contributed by atoms with Crippen LogP contribution >= 0.6 is 0 Å². The molecule has 4 heteroatoms. The molecular weight excluding hydrogens is 255 g/mol. The molecule has 0 N–H and O–H groups in total. The molecule has 0 saturated carbocycles. The van der Waals surface area contributed by atoms with Gasteiger partial charge in [-0.2, -0.15) is 0 Å². The van der Waals surface area contributed by atoms with Crippen molar-refractivity contribution in [2.45, 2.75) is 0 Å². The van der Waals surface area contributed by atoms with E-state index < -0.39 is 5.82 Å². The Morgan fingerprint density at radius 1 is 1.05 bits per heavy atom. The van der Waals surface area contributed by atoms with Crippen molar-refractivity contribution in [3.05, 3.63) is 71.5 Å². The number of hydrogen-bond acceptors (Lipinski definition) is 2. The molecule has 0 unspecified atom stereocenters. The molecule has 20 heavy (non-hydrogen) atoms. The van der Waals surface area contributed by atoms with Crippen molar-refractivity contribution in [1.29, 1.82) is 0 Å². The molecule has 0 radical (unpaired) electrons. The van der Waals surface area contributed by atoms with Gasteiger partial charge in [0.2, 0.25) is 0 Å². The van der Waals surface area contributed by atoms with Crippen LogP contribution in [-0.2, 0) is 0 Å². The maximum absolute atomic E-state index is 13.7. The van der Waals surface area contributed by atoms with Gasteiger partial charge in [0.25, 0.3) is 5.91 Å². The van der Waals surface area contributed by atoms with Crippen molar-refractivity contribution in [2.75, 3.05) is 13.1 Å². The Morgan fingerprint density at radius 3 is 2.50 bits per heavy atom. The number of aliphatic imine (C=N–C) groups is 1. The van der Waals surface area contributed by atoms with Crippen LogP contribution in [0.5, 0.6) is 0 Å². The first-order valence-electron chi connectivity index (χ1n) is 6.43. The van der Waals surface area contributed by atoms with E-state index in [4.69, 9.17) is 0 Å². The zero-order chi connectivity index (χ0) is 13.9. The molecule has 3 rings (SSSR count). The lowest BCUT2D eigenvalue weighted by Gasteiger charge is -2.18. The highest BCUT2D eigenvalue weighted by Gasteiger charge is 2.27. The van der Waals surface area contributed by atoms with E-state index in [2.05, 4.69) is 4.99 Å². The predicted molar refractivity (Wildman–Crippen MR) is 75.3 cm³/mol. The second-order valence-electron chi connectivity index (χ2n) is 4.51. The summed E-state index contributed by atoms with van der Waals surface area (Å²) in [6, 6.07) is 15.5. The van der Waals surface area contributed by atoms with Crippen LogP contribution in [-0.4, -0.2) is 29.7 Å². The third-order valence-electron chi connectivity index (χ3n) is 3.22. The van der Waals surface area contributed by atoms with E-state index in [1.165, 1.54) is 17.0 Å². The van der Waals surface area contributed by atoms with Crippen LogP contribution in [0.2, 0.25) is 0 Å². The molecule has 0 fully saturated rings. The summed E-state index contributed by atoms with van der Waals surface area (Å²) in [6.45, 7) is 1.03. The van der Waals surface area contributed by atoms with Crippen LogP contribution in [0.1, 0.15) is 15.9 Å². The summed E-state index contributed by atoms with van der Waals surface area (Å²) in [5.74, 6) is -0.237. The van der Waals surface area contributed by atoms with Crippen molar-refractivity contribution in [1.82, 2.24) is 4.90 Å². The highest BCUT2D eigenvalue weighted by Crippen LogP contribution is 2.16. The summed E-state index contributed by atoms with van der Waals surface area (Å²) in [6.07, 6.45) is 0. The van der Waals surface area contributed by atoms with Gasteiger partial charge in [0, 0.05) is 12.1 Å². The van der Waals surface area contributed by atoms with E-state index in [-0.39, 0.29) is 11.5 Å². The number of hydrogen-bond donors (Lipinski definition) is 0. The maximum atomic E-state index is 13.7. The summed E-state index contributed by atoms with van der Waals surface area (Å²) >= 11 is 0. The van der Waals surface area contributed by atoms with Gasteiger partial charge in [0.15, 0.2) is 0 Å². The molecule has 1 aliphatic rings. The number of amides is 1. The van der Waals surface area contributed by atoms with Gasteiger partial charge in [0.1, 0.15) is 11.7 Å². The smallest absolute Gasteiger partial charge is 0.262 e. The van der Waals surface area contributed by atoms with E-state index in [1.807, 2.05) is 30.3 Å². The lowest BCUT2D eigenvalue weighted by atomic mass is 10.1. The quantitative estimate of drug-likeness (QED) is 0.824. The van der Waals surface area contributed by atoms with E-state index in [0.29, 0.717) is 18.9 Å². The Balaban J connectivity index is 1.93. The maximum Gasteiger partial charge on any atom is 0.262 e. The van der Waals surface area contributed by atoms with E-state index >= 15 is 0 Å². The van der Waals surface area contributed by atoms with Gasteiger partial charge in [-0.05, 0) is 12.1 Å². The molecular formula is C16H13FN2O. The number of rotatable bonds is 2. The van der Waals surface area contributed by atoms with Crippen LogP contribution < -0.4 is 0 Å². The van der Waals surface area contributed by atoms with Crippen molar-refractivity contribution in [2.24, 2.45) is 4.99 Å². The average Bonchev–Trinajstić information content (AvgIpc) is 2.97. The minimum atomic E-state index is -0.503. The van der Waals surface area contributed by atoms with Crippen LogP contribution in [0.3, 0.4) is 0 Å². The monoisotopic (exact) mass is 268 g/mol. The largest absolute Gasteiger partial charge is 0.291 e. The zero-order valence-electron chi connectivity index (χ0n) is 10.8. The third-order valence-corrected chi connectivity index (χ3v) is 3.22. The molecule has 0 saturated heterocycles. The highest BCUT2D eigenvalue weighted by atomic mass is 19.1. The predicted octanol–water partition coefficient (Wildman–Crippen LogP) is 2.73. The SMILES string of the molecule is O=C(c1ccccc1F)N1CCN=C1c1ccccc1. The highest BCUT2D eigenvalue weighted by molar-refractivity contribution is 6.13. The molecule has 0 atom stereocenters. The molecule has 1 heterocycles. The molecule has 2 aromatic carbocycles. The Bertz CT molecular complexity index is 667. The summed E-state index contributed by atoms with van der Waals surface area (Å²) in [5.41, 5.74) is 0.952. The molecule has 0 aliphatic carbocycles. The van der Waals surface area contributed by atoms with Crippen molar-refractivity contribution in [3.63, 3.8) is 0 Å². The van der Waals surface area contributed by atoms with Crippen LogP contribution in [0.25, 0.3) is 0 Å². The normalized spacial score (nSPS) is 14.2. The summed E-state index contributed by atoms with van der Waals surface area (Å²) in [5, 5.41) is 0. The lowest BCUT2D eigenvalue weighted by Crippen LogP contribution is -2.35. The van der Waals surface area contributed by atoms with Crippen LogP contribution in [0, 0.1) is 5.82 Å². The van der Waals surface area contributed by atoms with Crippen molar-refractivity contribution in [3.8, 4) is 0 Å². The number of carbonyl (C=O) groups excluding carboxylic acids is 1. The molecule has 1 amide bonds. The fourth-order valence-corrected chi connectivity index (χ4v) is 2.26. The number of amidine groups is 1. The van der Waals surface area contributed by atoms with E-state index in [9.17, 15) is 9.18 Å². The van der Waals surface area contributed by atoms with Crippen molar-refractivity contribution >= 4 is 11.7 Å². The minimum Gasteiger partial charge on any atom is -0.291 e. The van der Waals surface area contributed by atoms with Crippen molar-refractivity contribution < 1.29 is 9.18 Å². The summed E-state index contributed by atoms with van der Waals surface area (Å²) in [7, 11) is 0. The standard InChI is InChI=1S/C16H13FN2O/c17-14-9-5-4-8-13(14)16(20)19-11-10-18-15(19)12-6-2-1-3-7-12/h1-9H,10-11H2. The zero-order valence-corrected chi connectivity index (χ0v) is 10.8. The van der Waals surface area contributed by atoms with Gasteiger partial charge < -0.3 is 0 Å². The number of benzene rings is 2. The fourth-order valence-electron chi connectivity index (χ4n) is 2.26. The number of nitrogens with zero attached hydrogens (tertiary/aromatic N) is 2. The molecule has 0 aromatic heterocycles. The number of carbonyl (C=O) groups is 1. The van der Waals surface area contributed by atoms with E-state index in [0.717, 1.165) is 5.56 Å². The van der Waals surface area contributed by atoms with Gasteiger partial charge in [-0.3, -0.25) is 14.7 Å². The van der Waals surface area contributed by atoms with Gasteiger partial charge in [-0.25, -0.2) is 4.39 Å². The molecule has 100 valence electrons. The lowest BCUT2D eigenvalue weighted by molar-refractivity contribution is 0.0854. The Kier molecular flexibility index (Phi) is 3.29. The summed E-state index contributed by atoms with van der Waals surface area (Å²) in [4.78, 5) is 18.4. The topological polar surface area (TPSA) is 32.7 Å².